The summed E-state index contributed by atoms with van der Waals surface area (Å²) in [7, 11) is 1.34. The van der Waals surface area contributed by atoms with E-state index < -0.39 is 24.1 Å². The van der Waals surface area contributed by atoms with Crippen LogP contribution in [0.5, 0.6) is 0 Å². The van der Waals surface area contributed by atoms with Gasteiger partial charge in [0.2, 0.25) is 0 Å². The average Bonchev–Trinajstić information content (AvgIpc) is 2.96. The molecule has 0 N–H and O–H groups in total. The highest BCUT2D eigenvalue weighted by Crippen LogP contribution is 2.58. The summed E-state index contributed by atoms with van der Waals surface area (Å²) >= 11 is 0. The minimum absolute atomic E-state index is 0.0616. The third-order valence-electron chi connectivity index (χ3n) is 4.92. The van der Waals surface area contributed by atoms with E-state index in [0.717, 1.165) is 6.42 Å². The molecule has 3 fully saturated rings. The van der Waals surface area contributed by atoms with Crippen molar-refractivity contribution in [3.05, 3.63) is 12.2 Å². The van der Waals surface area contributed by atoms with Crippen molar-refractivity contribution in [2.75, 3.05) is 7.11 Å². The van der Waals surface area contributed by atoms with E-state index in [1.807, 2.05) is 0 Å². The van der Waals surface area contributed by atoms with E-state index in [4.69, 9.17) is 14.2 Å². The second kappa shape index (κ2) is 4.86. The van der Waals surface area contributed by atoms with Gasteiger partial charge >= 0.3 is 17.9 Å². The molecule has 0 aromatic heterocycles. The van der Waals surface area contributed by atoms with E-state index in [1.165, 1.54) is 7.11 Å². The minimum atomic E-state index is -0.580. The fourth-order valence-electron chi connectivity index (χ4n) is 4.11. The minimum Gasteiger partial charge on any atom is -0.469 e. The number of carbonyl (C=O) groups is 3. The van der Waals surface area contributed by atoms with Gasteiger partial charge in [0.1, 0.15) is 12.2 Å². The van der Waals surface area contributed by atoms with Gasteiger partial charge in [0.05, 0.1) is 13.0 Å². The Bertz CT molecular complexity index is 524. The van der Waals surface area contributed by atoms with Gasteiger partial charge < -0.3 is 14.2 Å². The van der Waals surface area contributed by atoms with Crippen LogP contribution < -0.4 is 0 Å². The molecule has 6 heteroatoms. The molecule has 6 unspecified atom stereocenters. The number of fused-ring (bicyclic) bond motifs is 1. The third kappa shape index (κ3) is 2.04. The van der Waals surface area contributed by atoms with Crippen molar-refractivity contribution >= 4 is 17.9 Å². The first kappa shape index (κ1) is 14.1. The largest absolute Gasteiger partial charge is 0.469 e. The third-order valence-corrected chi connectivity index (χ3v) is 4.92. The normalized spacial score (nSPS) is 39.6. The molecule has 3 rings (SSSR count). The molecule has 3 aliphatic rings. The molecule has 0 aromatic carbocycles. The quantitative estimate of drug-likeness (QED) is 0.436. The van der Waals surface area contributed by atoms with Crippen molar-refractivity contribution in [3.63, 3.8) is 0 Å². The molecule has 1 saturated heterocycles. The number of carbonyl (C=O) groups excluding carboxylic acids is 3. The molecular formula is C15H18O6. The second-order valence-corrected chi connectivity index (χ2v) is 6.09. The molecule has 6 atom stereocenters. The van der Waals surface area contributed by atoms with Gasteiger partial charge in [0.15, 0.2) is 0 Å². The van der Waals surface area contributed by atoms with Crippen LogP contribution in [0.3, 0.4) is 0 Å². The van der Waals surface area contributed by atoms with Crippen LogP contribution >= 0.6 is 0 Å². The lowest BCUT2D eigenvalue weighted by molar-refractivity contribution is -0.192. The summed E-state index contributed by atoms with van der Waals surface area (Å²) in [5.74, 6) is -1.73. The lowest BCUT2D eigenvalue weighted by Gasteiger charge is -2.41. The topological polar surface area (TPSA) is 78.9 Å². The Morgan fingerprint density at radius 2 is 2.00 bits per heavy atom. The summed E-state index contributed by atoms with van der Waals surface area (Å²) in [5.41, 5.74) is 0.283. The maximum Gasteiger partial charge on any atom is 0.333 e. The highest BCUT2D eigenvalue weighted by Gasteiger charge is 2.65. The Morgan fingerprint density at radius 3 is 2.62 bits per heavy atom. The van der Waals surface area contributed by atoms with Crippen LogP contribution in [0.25, 0.3) is 0 Å². The van der Waals surface area contributed by atoms with Crippen LogP contribution in [0.2, 0.25) is 0 Å². The molecule has 2 saturated carbocycles. The molecule has 0 amide bonds. The summed E-state index contributed by atoms with van der Waals surface area (Å²) in [5, 5.41) is 0. The first-order valence-electron chi connectivity index (χ1n) is 7.07. The Labute approximate surface area is 122 Å². The number of rotatable bonds is 3. The fraction of sp³-hybridized carbons (Fsp3) is 0.667. The predicted molar refractivity (Wildman–Crippen MR) is 69.8 cm³/mol. The van der Waals surface area contributed by atoms with Crippen LogP contribution in [0.1, 0.15) is 19.8 Å². The predicted octanol–water partition coefficient (Wildman–Crippen LogP) is 0.845. The average molecular weight is 294 g/mol. The Kier molecular flexibility index (Phi) is 3.26. The number of ether oxygens (including phenoxy) is 3. The molecule has 21 heavy (non-hydrogen) atoms. The monoisotopic (exact) mass is 294 g/mol. The van der Waals surface area contributed by atoms with Gasteiger partial charge in [-0.05, 0) is 19.3 Å². The Balaban J connectivity index is 1.88. The van der Waals surface area contributed by atoms with Crippen molar-refractivity contribution in [1.82, 2.24) is 0 Å². The maximum atomic E-state index is 12.0. The SMILES string of the molecule is C=C(C)C(=O)OC1C2CC3C(CC(=O)OC31)C2C(=O)OC. The van der Waals surface area contributed by atoms with Crippen LogP contribution in [-0.2, 0) is 28.6 Å². The molecule has 2 aliphatic carbocycles. The lowest BCUT2D eigenvalue weighted by Crippen LogP contribution is -2.52. The lowest BCUT2D eigenvalue weighted by atomic mass is 9.73. The molecular weight excluding hydrogens is 276 g/mol. The Morgan fingerprint density at radius 1 is 1.29 bits per heavy atom. The van der Waals surface area contributed by atoms with E-state index in [-0.39, 0.29) is 41.7 Å². The van der Waals surface area contributed by atoms with E-state index >= 15 is 0 Å². The number of hydrogen-bond acceptors (Lipinski definition) is 6. The van der Waals surface area contributed by atoms with Crippen LogP contribution in [0.4, 0.5) is 0 Å². The standard InChI is InChI=1S/C15H18O6/c1-6(2)14(17)21-13-9-4-8-7(11(9)15(18)19-3)5-10(16)20-12(8)13/h7-9,11-13H,1,4-5H2,2-3H3. The van der Waals surface area contributed by atoms with Gasteiger partial charge in [0, 0.05) is 23.8 Å². The zero-order valence-corrected chi connectivity index (χ0v) is 12.0. The van der Waals surface area contributed by atoms with Gasteiger partial charge in [-0.2, -0.15) is 0 Å². The van der Waals surface area contributed by atoms with Crippen molar-refractivity contribution in [1.29, 1.82) is 0 Å². The highest BCUT2D eigenvalue weighted by atomic mass is 16.6. The van der Waals surface area contributed by atoms with Crippen LogP contribution in [0, 0.1) is 23.7 Å². The molecule has 6 nitrogen and oxygen atoms in total. The molecule has 2 bridgehead atoms. The zero-order chi connectivity index (χ0) is 15.3. The van der Waals surface area contributed by atoms with E-state index in [0.29, 0.717) is 0 Å². The number of hydrogen-bond donors (Lipinski definition) is 0. The number of esters is 3. The van der Waals surface area contributed by atoms with Crippen LogP contribution in [0.15, 0.2) is 12.2 Å². The summed E-state index contributed by atoms with van der Waals surface area (Å²) in [6.45, 7) is 5.11. The summed E-state index contributed by atoms with van der Waals surface area (Å²) in [4.78, 5) is 35.6. The van der Waals surface area contributed by atoms with Gasteiger partial charge in [-0.1, -0.05) is 6.58 Å². The van der Waals surface area contributed by atoms with Crippen molar-refractivity contribution < 1.29 is 28.6 Å². The van der Waals surface area contributed by atoms with E-state index in [9.17, 15) is 14.4 Å². The zero-order valence-electron chi connectivity index (χ0n) is 12.0. The number of methoxy groups -OCH3 is 1. The molecule has 0 aromatic rings. The first-order chi connectivity index (χ1) is 9.93. The van der Waals surface area contributed by atoms with Crippen LogP contribution in [-0.4, -0.2) is 37.2 Å². The summed E-state index contributed by atoms with van der Waals surface area (Å²) in [6.07, 6.45) is -0.0657. The van der Waals surface area contributed by atoms with E-state index in [2.05, 4.69) is 6.58 Å². The van der Waals surface area contributed by atoms with Gasteiger partial charge in [-0.25, -0.2) is 4.79 Å². The summed E-state index contributed by atoms with van der Waals surface area (Å²) < 4.78 is 15.7. The van der Waals surface area contributed by atoms with Gasteiger partial charge in [0.25, 0.3) is 0 Å². The molecule has 1 aliphatic heterocycles. The maximum absolute atomic E-state index is 12.0. The molecule has 114 valence electrons. The molecule has 1 heterocycles. The second-order valence-electron chi connectivity index (χ2n) is 6.09. The van der Waals surface area contributed by atoms with Crippen molar-refractivity contribution in [3.8, 4) is 0 Å². The van der Waals surface area contributed by atoms with Gasteiger partial charge in [-0.15, -0.1) is 0 Å². The molecule has 0 spiro atoms. The van der Waals surface area contributed by atoms with Gasteiger partial charge in [-0.3, -0.25) is 9.59 Å². The van der Waals surface area contributed by atoms with Crippen molar-refractivity contribution in [2.24, 2.45) is 23.7 Å². The van der Waals surface area contributed by atoms with E-state index in [1.54, 1.807) is 6.92 Å². The Hall–Kier alpha value is -1.85. The highest BCUT2D eigenvalue weighted by molar-refractivity contribution is 5.87. The van der Waals surface area contributed by atoms with Crippen molar-refractivity contribution in [2.45, 2.75) is 32.0 Å². The fourth-order valence-corrected chi connectivity index (χ4v) is 4.11. The first-order valence-corrected chi connectivity index (χ1v) is 7.07. The summed E-state index contributed by atoms with van der Waals surface area (Å²) in [6, 6.07) is 0. The smallest absolute Gasteiger partial charge is 0.333 e. The molecule has 0 radical (unpaired) electrons.